The highest BCUT2D eigenvalue weighted by Gasteiger charge is 2.26. The molecule has 0 aliphatic heterocycles. The SMILES string of the molecule is CCCCCCCCCCCCOC(=O)C(CO)NC(=O)C(CO)NC(=O)CCCCCCCCCCC. The van der Waals surface area contributed by atoms with Gasteiger partial charge in [-0.1, -0.05) is 123 Å². The number of rotatable bonds is 27. The van der Waals surface area contributed by atoms with Crippen LogP contribution in [0.25, 0.3) is 0 Å². The van der Waals surface area contributed by atoms with Crippen molar-refractivity contribution < 1.29 is 29.3 Å². The van der Waals surface area contributed by atoms with Gasteiger partial charge in [-0.15, -0.1) is 0 Å². The van der Waals surface area contributed by atoms with Crippen LogP contribution in [0.2, 0.25) is 0 Å². The van der Waals surface area contributed by atoms with Gasteiger partial charge in [0.1, 0.15) is 6.04 Å². The number of esters is 1. The van der Waals surface area contributed by atoms with Crippen molar-refractivity contribution in [2.24, 2.45) is 0 Å². The van der Waals surface area contributed by atoms with E-state index in [1.165, 1.54) is 83.5 Å². The molecule has 8 heteroatoms. The topological polar surface area (TPSA) is 125 Å². The van der Waals surface area contributed by atoms with Crippen LogP contribution in [0.15, 0.2) is 0 Å². The first-order valence-corrected chi connectivity index (χ1v) is 15.5. The molecule has 2 unspecified atom stereocenters. The Hall–Kier alpha value is -1.67. The molecule has 0 aromatic heterocycles. The lowest BCUT2D eigenvalue weighted by molar-refractivity contribution is -0.149. The normalized spacial score (nSPS) is 12.6. The van der Waals surface area contributed by atoms with Crippen molar-refractivity contribution in [3.63, 3.8) is 0 Å². The van der Waals surface area contributed by atoms with Crippen molar-refractivity contribution in [3.8, 4) is 0 Å². The number of amides is 2. The fraction of sp³-hybridized carbons (Fsp3) is 0.900. The fourth-order valence-electron chi connectivity index (χ4n) is 4.37. The molecule has 8 nitrogen and oxygen atoms in total. The first kappa shape index (κ1) is 36.3. The average molecular weight is 543 g/mol. The third kappa shape index (κ3) is 21.3. The predicted octanol–water partition coefficient (Wildman–Crippen LogP) is 5.33. The Kier molecular flexibility index (Phi) is 25.7. The van der Waals surface area contributed by atoms with Gasteiger partial charge in [0.25, 0.3) is 0 Å². The molecule has 4 N–H and O–H groups in total. The van der Waals surface area contributed by atoms with Crippen LogP contribution in [0.4, 0.5) is 0 Å². The van der Waals surface area contributed by atoms with Gasteiger partial charge in [-0.05, 0) is 12.8 Å². The van der Waals surface area contributed by atoms with E-state index in [9.17, 15) is 24.6 Å². The minimum absolute atomic E-state index is 0.237. The number of unbranched alkanes of at least 4 members (excludes halogenated alkanes) is 17. The second-order valence-electron chi connectivity index (χ2n) is 10.5. The molecule has 224 valence electrons. The van der Waals surface area contributed by atoms with Crippen LogP contribution in [0.1, 0.15) is 142 Å². The summed E-state index contributed by atoms with van der Waals surface area (Å²) in [7, 11) is 0. The molecule has 0 aliphatic carbocycles. The van der Waals surface area contributed by atoms with Crippen LogP contribution >= 0.6 is 0 Å². The number of ether oxygens (including phenoxy) is 1. The molecule has 0 rings (SSSR count). The van der Waals surface area contributed by atoms with Gasteiger partial charge in [0.2, 0.25) is 11.8 Å². The number of carbonyl (C=O) groups is 3. The highest BCUT2D eigenvalue weighted by molar-refractivity contribution is 5.90. The smallest absolute Gasteiger partial charge is 0.331 e. The summed E-state index contributed by atoms with van der Waals surface area (Å²) >= 11 is 0. The van der Waals surface area contributed by atoms with Crippen LogP contribution in [-0.2, 0) is 19.1 Å². The second kappa shape index (κ2) is 26.9. The first-order chi connectivity index (χ1) is 18.5. The highest BCUT2D eigenvalue weighted by atomic mass is 16.5. The van der Waals surface area contributed by atoms with Gasteiger partial charge in [0.15, 0.2) is 6.04 Å². The van der Waals surface area contributed by atoms with Crippen molar-refractivity contribution >= 4 is 17.8 Å². The second-order valence-corrected chi connectivity index (χ2v) is 10.5. The molecule has 0 radical (unpaired) electrons. The Labute approximate surface area is 232 Å². The van der Waals surface area contributed by atoms with Gasteiger partial charge in [-0.3, -0.25) is 9.59 Å². The van der Waals surface area contributed by atoms with Gasteiger partial charge in [-0.25, -0.2) is 4.79 Å². The Morgan fingerprint density at radius 3 is 1.45 bits per heavy atom. The lowest BCUT2D eigenvalue weighted by Crippen LogP contribution is -2.54. The van der Waals surface area contributed by atoms with E-state index in [4.69, 9.17) is 4.74 Å². The summed E-state index contributed by atoms with van der Waals surface area (Å²) in [5.41, 5.74) is 0. The maximum atomic E-state index is 12.5. The zero-order valence-electron chi connectivity index (χ0n) is 24.4. The predicted molar refractivity (Wildman–Crippen MR) is 153 cm³/mol. The number of aliphatic hydroxyl groups excluding tert-OH is 2. The Morgan fingerprint density at radius 1 is 0.579 bits per heavy atom. The van der Waals surface area contributed by atoms with Gasteiger partial charge in [0.05, 0.1) is 19.8 Å². The van der Waals surface area contributed by atoms with Crippen molar-refractivity contribution in [2.45, 2.75) is 154 Å². The lowest BCUT2D eigenvalue weighted by Gasteiger charge is -2.20. The molecule has 0 heterocycles. The molecule has 0 fully saturated rings. The van der Waals surface area contributed by atoms with E-state index >= 15 is 0 Å². The fourth-order valence-corrected chi connectivity index (χ4v) is 4.37. The van der Waals surface area contributed by atoms with E-state index in [0.717, 1.165) is 38.5 Å². The Morgan fingerprint density at radius 2 is 1.00 bits per heavy atom. The number of nitrogens with one attached hydrogen (secondary N) is 2. The Bertz CT molecular complexity index is 587. The van der Waals surface area contributed by atoms with Crippen LogP contribution in [0, 0.1) is 0 Å². The molecule has 0 aromatic carbocycles. The van der Waals surface area contributed by atoms with E-state index in [-0.39, 0.29) is 18.9 Å². The lowest BCUT2D eigenvalue weighted by atomic mass is 10.1. The van der Waals surface area contributed by atoms with Gasteiger partial charge in [0, 0.05) is 6.42 Å². The molecular formula is C30H58N2O6. The summed E-state index contributed by atoms with van der Waals surface area (Å²) in [6, 6.07) is -2.40. The molecule has 0 bridgehead atoms. The van der Waals surface area contributed by atoms with Crippen molar-refractivity contribution in [2.75, 3.05) is 19.8 Å². The summed E-state index contributed by atoms with van der Waals surface area (Å²) in [4.78, 5) is 36.9. The number of hydrogen-bond donors (Lipinski definition) is 4. The van der Waals surface area contributed by atoms with Gasteiger partial charge in [-0.2, -0.15) is 0 Å². The standard InChI is InChI=1S/C30H58N2O6/c1-3-5-7-9-11-13-15-17-19-21-23-38-30(37)27(25-34)32-29(36)26(24-33)31-28(35)22-20-18-16-14-12-10-8-6-4-2/h26-27,33-34H,3-25H2,1-2H3,(H,31,35)(H,32,36). The molecule has 2 amide bonds. The maximum absolute atomic E-state index is 12.5. The molecule has 0 saturated carbocycles. The van der Waals surface area contributed by atoms with Crippen molar-refractivity contribution in [3.05, 3.63) is 0 Å². The summed E-state index contributed by atoms with van der Waals surface area (Å²) in [6.45, 7) is 3.44. The van der Waals surface area contributed by atoms with E-state index in [1.54, 1.807) is 0 Å². The van der Waals surface area contributed by atoms with E-state index in [0.29, 0.717) is 0 Å². The molecule has 2 atom stereocenters. The highest BCUT2D eigenvalue weighted by Crippen LogP contribution is 2.11. The van der Waals surface area contributed by atoms with E-state index < -0.39 is 37.2 Å². The van der Waals surface area contributed by atoms with Crippen LogP contribution in [0.5, 0.6) is 0 Å². The molecule has 0 aromatic rings. The van der Waals surface area contributed by atoms with Crippen LogP contribution < -0.4 is 10.6 Å². The molecule has 0 aliphatic rings. The zero-order chi connectivity index (χ0) is 28.3. The third-order valence-corrected chi connectivity index (χ3v) is 6.87. The largest absolute Gasteiger partial charge is 0.464 e. The van der Waals surface area contributed by atoms with E-state index in [1.807, 2.05) is 0 Å². The maximum Gasteiger partial charge on any atom is 0.331 e. The summed E-state index contributed by atoms with van der Waals surface area (Å²) in [5, 5.41) is 24.0. The van der Waals surface area contributed by atoms with E-state index in [2.05, 4.69) is 24.5 Å². The summed E-state index contributed by atoms with van der Waals surface area (Å²) in [6.07, 6.45) is 22.2. The molecule has 0 saturated heterocycles. The van der Waals surface area contributed by atoms with Crippen LogP contribution in [-0.4, -0.2) is 59.9 Å². The molecular weight excluding hydrogens is 484 g/mol. The quantitative estimate of drug-likeness (QED) is 0.0822. The number of aliphatic hydroxyl groups is 2. The zero-order valence-corrected chi connectivity index (χ0v) is 24.4. The van der Waals surface area contributed by atoms with Gasteiger partial charge >= 0.3 is 5.97 Å². The number of hydrogen-bond acceptors (Lipinski definition) is 6. The monoisotopic (exact) mass is 542 g/mol. The minimum Gasteiger partial charge on any atom is -0.464 e. The van der Waals surface area contributed by atoms with Crippen molar-refractivity contribution in [1.82, 2.24) is 10.6 Å². The van der Waals surface area contributed by atoms with Gasteiger partial charge < -0.3 is 25.6 Å². The first-order valence-electron chi connectivity index (χ1n) is 15.5. The Balaban J connectivity index is 4.03. The average Bonchev–Trinajstić information content (AvgIpc) is 2.92. The summed E-state index contributed by atoms with van der Waals surface area (Å²) < 4.78 is 5.21. The third-order valence-electron chi connectivity index (χ3n) is 6.87. The van der Waals surface area contributed by atoms with Crippen molar-refractivity contribution in [1.29, 1.82) is 0 Å². The minimum atomic E-state index is -1.23. The molecule has 0 spiro atoms. The van der Waals surface area contributed by atoms with Crippen LogP contribution in [0.3, 0.4) is 0 Å². The summed E-state index contributed by atoms with van der Waals surface area (Å²) in [5.74, 6) is -1.75. The molecule has 38 heavy (non-hydrogen) atoms. The number of carbonyl (C=O) groups excluding carboxylic acids is 3.